The number of methoxy groups -OCH3 is 2. The molecule has 1 N–H and O–H groups in total. The van der Waals surface area contributed by atoms with Crippen molar-refractivity contribution in [3.63, 3.8) is 0 Å². The van der Waals surface area contributed by atoms with E-state index in [1.165, 1.54) is 6.92 Å². The lowest BCUT2D eigenvalue weighted by molar-refractivity contribution is -0.131. The minimum atomic E-state index is -0.128. The zero-order valence-corrected chi connectivity index (χ0v) is 17.2. The third-order valence-corrected chi connectivity index (χ3v) is 5.74. The molecule has 0 saturated carbocycles. The van der Waals surface area contributed by atoms with Crippen molar-refractivity contribution in [2.24, 2.45) is 0 Å². The highest BCUT2D eigenvalue weighted by atomic mass is 32.2. The zero-order valence-electron chi connectivity index (χ0n) is 16.4. The lowest BCUT2D eigenvalue weighted by Crippen LogP contribution is -2.45. The molecule has 1 aromatic carbocycles. The first-order valence-corrected chi connectivity index (χ1v) is 10.0. The van der Waals surface area contributed by atoms with Crippen molar-refractivity contribution < 1.29 is 19.1 Å². The Morgan fingerprint density at radius 2 is 2.19 bits per heavy atom. The molecule has 1 aromatic rings. The summed E-state index contributed by atoms with van der Waals surface area (Å²) in [6.07, 6.45) is 4.04. The number of ketones is 1. The molecule has 0 unspecified atom stereocenters. The molecular weight excluding hydrogens is 364 g/mol. The quantitative estimate of drug-likeness (QED) is 0.651. The van der Waals surface area contributed by atoms with Crippen molar-refractivity contribution in [1.29, 1.82) is 0 Å². The standard InChI is InChI=1S/C20H28N2O4S/c1-14(23)5-7-16(21-2)11-19-20(24)22(9-10-27-19)13-15-6-8-17(25-3)12-18(15)26-4/h5-8,12,16,19,21H,9-11,13H2,1-4H3/b7-5+/t16-,19+/m1/s1. The Morgan fingerprint density at radius 1 is 1.41 bits per heavy atom. The average molecular weight is 393 g/mol. The molecule has 6 nitrogen and oxygen atoms in total. The minimum Gasteiger partial charge on any atom is -0.497 e. The maximum Gasteiger partial charge on any atom is 0.236 e. The van der Waals surface area contributed by atoms with Crippen LogP contribution in [0.5, 0.6) is 11.5 Å². The molecule has 1 fully saturated rings. The van der Waals surface area contributed by atoms with Crippen molar-refractivity contribution in [2.75, 3.05) is 33.6 Å². The van der Waals surface area contributed by atoms with Crippen LogP contribution < -0.4 is 14.8 Å². The maximum atomic E-state index is 13.0. The van der Waals surface area contributed by atoms with Gasteiger partial charge in [0.1, 0.15) is 11.5 Å². The number of nitrogens with one attached hydrogen (secondary N) is 1. The maximum absolute atomic E-state index is 13.0. The van der Waals surface area contributed by atoms with Gasteiger partial charge in [-0.1, -0.05) is 6.08 Å². The first-order chi connectivity index (χ1) is 13.0. The highest BCUT2D eigenvalue weighted by Crippen LogP contribution is 2.29. The third-order valence-electron chi connectivity index (χ3n) is 4.52. The highest BCUT2D eigenvalue weighted by Gasteiger charge is 2.31. The Kier molecular flexibility index (Phi) is 8.19. The number of carbonyl (C=O) groups is 2. The summed E-state index contributed by atoms with van der Waals surface area (Å²) in [6, 6.07) is 5.64. The van der Waals surface area contributed by atoms with Gasteiger partial charge in [0.15, 0.2) is 5.78 Å². The summed E-state index contributed by atoms with van der Waals surface area (Å²) in [5.41, 5.74) is 0.957. The molecule has 7 heteroatoms. The van der Waals surface area contributed by atoms with Crippen LogP contribution in [0, 0.1) is 0 Å². The van der Waals surface area contributed by atoms with E-state index < -0.39 is 0 Å². The average Bonchev–Trinajstić information content (AvgIpc) is 2.67. The molecule has 1 aliphatic heterocycles. The summed E-state index contributed by atoms with van der Waals surface area (Å²) in [6.45, 7) is 2.74. The molecule has 27 heavy (non-hydrogen) atoms. The number of ether oxygens (including phenoxy) is 2. The highest BCUT2D eigenvalue weighted by molar-refractivity contribution is 8.00. The molecule has 148 valence electrons. The van der Waals surface area contributed by atoms with E-state index >= 15 is 0 Å². The van der Waals surface area contributed by atoms with Crippen LogP contribution in [0.25, 0.3) is 0 Å². The van der Waals surface area contributed by atoms with Gasteiger partial charge in [-0.2, -0.15) is 0 Å². The molecule has 0 aliphatic carbocycles. The molecule has 1 saturated heterocycles. The largest absolute Gasteiger partial charge is 0.497 e. The fraction of sp³-hybridized carbons (Fsp3) is 0.500. The van der Waals surface area contributed by atoms with Crippen LogP contribution in [0.1, 0.15) is 18.9 Å². The van der Waals surface area contributed by atoms with Gasteiger partial charge >= 0.3 is 0 Å². The molecule has 2 atom stereocenters. The predicted octanol–water partition coefficient (Wildman–Crippen LogP) is 2.27. The normalized spacial score (nSPS) is 18.6. The van der Waals surface area contributed by atoms with Crippen LogP contribution >= 0.6 is 11.8 Å². The number of hydrogen-bond acceptors (Lipinski definition) is 6. The minimum absolute atomic E-state index is 0.00565. The SMILES string of the molecule is CN[C@H](/C=C/C(C)=O)C[C@@H]1SCCN(Cc2ccc(OC)cc2OC)C1=O. The van der Waals surface area contributed by atoms with E-state index in [-0.39, 0.29) is 23.0 Å². The number of carbonyl (C=O) groups excluding carboxylic acids is 2. The van der Waals surface area contributed by atoms with E-state index in [9.17, 15) is 9.59 Å². The second-order valence-corrected chi connectivity index (χ2v) is 7.71. The van der Waals surface area contributed by atoms with Crippen molar-refractivity contribution in [3.8, 4) is 11.5 Å². The van der Waals surface area contributed by atoms with Crippen LogP contribution in [-0.2, 0) is 16.1 Å². The van der Waals surface area contributed by atoms with Gasteiger partial charge < -0.3 is 19.7 Å². The fourth-order valence-electron chi connectivity index (χ4n) is 2.98. The molecule has 1 heterocycles. The van der Waals surface area contributed by atoms with Crippen LogP contribution in [0.2, 0.25) is 0 Å². The Hall–Kier alpha value is -1.99. The smallest absolute Gasteiger partial charge is 0.236 e. The van der Waals surface area contributed by atoms with Crippen LogP contribution in [0.4, 0.5) is 0 Å². The van der Waals surface area contributed by atoms with Gasteiger partial charge in [-0.05, 0) is 38.6 Å². The Labute approximate surface area is 165 Å². The number of benzene rings is 1. The fourth-order valence-corrected chi connectivity index (χ4v) is 4.22. The van der Waals surface area contributed by atoms with Gasteiger partial charge in [0, 0.05) is 36.5 Å². The molecule has 1 aliphatic rings. The van der Waals surface area contributed by atoms with E-state index in [0.29, 0.717) is 19.5 Å². The zero-order chi connectivity index (χ0) is 19.8. The molecule has 0 spiro atoms. The van der Waals surface area contributed by atoms with Gasteiger partial charge in [0.25, 0.3) is 0 Å². The van der Waals surface area contributed by atoms with Crippen molar-refractivity contribution in [3.05, 3.63) is 35.9 Å². The summed E-state index contributed by atoms with van der Waals surface area (Å²) in [5, 5.41) is 3.04. The second-order valence-electron chi connectivity index (χ2n) is 6.40. The summed E-state index contributed by atoms with van der Waals surface area (Å²) in [7, 11) is 5.07. The topological polar surface area (TPSA) is 67.9 Å². The van der Waals surface area contributed by atoms with Gasteiger partial charge in [-0.3, -0.25) is 9.59 Å². The molecule has 0 bridgehead atoms. The predicted molar refractivity (Wildman–Crippen MR) is 108 cm³/mol. The summed E-state index contributed by atoms with van der Waals surface area (Å²) < 4.78 is 10.7. The Balaban J connectivity index is 2.07. The summed E-state index contributed by atoms with van der Waals surface area (Å²) in [4.78, 5) is 26.0. The number of likely N-dealkylation sites (N-methyl/N-ethyl adjacent to an activating group) is 1. The van der Waals surface area contributed by atoms with E-state index in [2.05, 4.69) is 5.32 Å². The molecule has 0 radical (unpaired) electrons. The third kappa shape index (κ3) is 6.01. The van der Waals surface area contributed by atoms with E-state index in [1.54, 1.807) is 32.1 Å². The van der Waals surface area contributed by atoms with E-state index in [1.807, 2.05) is 36.2 Å². The summed E-state index contributed by atoms with van der Waals surface area (Å²) in [5.74, 6) is 2.46. The lowest BCUT2D eigenvalue weighted by Gasteiger charge is -2.33. The number of thioether (sulfide) groups is 1. The van der Waals surface area contributed by atoms with Crippen LogP contribution in [-0.4, -0.2) is 61.4 Å². The molecular formula is C20H28N2O4S. The van der Waals surface area contributed by atoms with Crippen LogP contribution in [0.3, 0.4) is 0 Å². The van der Waals surface area contributed by atoms with Gasteiger partial charge in [0.05, 0.1) is 19.5 Å². The molecule has 0 aromatic heterocycles. The number of rotatable bonds is 9. The second kappa shape index (κ2) is 10.4. The first kappa shape index (κ1) is 21.3. The Bertz CT molecular complexity index is 693. The number of allylic oxidation sites excluding steroid dienone is 1. The monoisotopic (exact) mass is 392 g/mol. The van der Waals surface area contributed by atoms with E-state index in [0.717, 1.165) is 22.8 Å². The number of nitrogens with zero attached hydrogens (tertiary/aromatic N) is 1. The Morgan fingerprint density at radius 3 is 2.81 bits per heavy atom. The van der Waals surface area contributed by atoms with E-state index in [4.69, 9.17) is 9.47 Å². The van der Waals surface area contributed by atoms with Crippen molar-refractivity contribution in [1.82, 2.24) is 10.2 Å². The van der Waals surface area contributed by atoms with Crippen LogP contribution in [0.15, 0.2) is 30.4 Å². The summed E-state index contributed by atoms with van der Waals surface area (Å²) >= 11 is 1.68. The van der Waals surface area contributed by atoms with Gasteiger partial charge in [0.2, 0.25) is 5.91 Å². The number of hydrogen-bond donors (Lipinski definition) is 1. The molecule has 2 rings (SSSR count). The van der Waals surface area contributed by atoms with Gasteiger partial charge in [-0.25, -0.2) is 0 Å². The number of amides is 1. The molecule has 1 amide bonds. The van der Waals surface area contributed by atoms with Crippen molar-refractivity contribution >= 4 is 23.5 Å². The lowest BCUT2D eigenvalue weighted by atomic mass is 10.1. The van der Waals surface area contributed by atoms with Crippen molar-refractivity contribution in [2.45, 2.75) is 31.2 Å². The van der Waals surface area contributed by atoms with Gasteiger partial charge in [-0.15, -0.1) is 11.8 Å². The first-order valence-electron chi connectivity index (χ1n) is 8.95.